The molecule has 0 amide bonds. The minimum atomic E-state index is 0.892. The van der Waals surface area contributed by atoms with Crippen LogP contribution in [0.1, 0.15) is 13.3 Å². The summed E-state index contributed by atoms with van der Waals surface area (Å²) >= 11 is 0. The van der Waals surface area contributed by atoms with Crippen LogP contribution >= 0.6 is 0 Å². The molecule has 0 aromatic rings. The van der Waals surface area contributed by atoms with Crippen LogP contribution in [0, 0.1) is 0 Å². The summed E-state index contributed by atoms with van der Waals surface area (Å²) in [7, 11) is 0. The second kappa shape index (κ2) is 7.29. The molecule has 0 saturated carbocycles. The van der Waals surface area contributed by atoms with Crippen LogP contribution in [-0.2, 0) is 0 Å². The maximum absolute atomic E-state index is 3.70. The van der Waals surface area contributed by atoms with Crippen molar-refractivity contribution >= 4 is 0 Å². The minimum absolute atomic E-state index is 0.892. The molecular formula is C10H17N. The number of allylic oxidation sites excluding steroid dienone is 2. The van der Waals surface area contributed by atoms with Gasteiger partial charge in [0.1, 0.15) is 0 Å². The third-order valence-corrected chi connectivity index (χ3v) is 1.35. The number of hydrogen-bond donors (Lipinski definition) is 1. The van der Waals surface area contributed by atoms with Crippen LogP contribution in [0.2, 0.25) is 0 Å². The van der Waals surface area contributed by atoms with Crippen LogP contribution in [0.15, 0.2) is 37.0 Å². The molecule has 0 atom stereocenters. The van der Waals surface area contributed by atoms with Gasteiger partial charge in [-0.25, -0.2) is 0 Å². The first-order valence-corrected chi connectivity index (χ1v) is 3.99. The Kier molecular flexibility index (Phi) is 6.75. The van der Waals surface area contributed by atoms with E-state index < -0.39 is 0 Å². The lowest BCUT2D eigenvalue weighted by atomic mass is 10.2. The molecule has 0 aliphatic carbocycles. The van der Waals surface area contributed by atoms with Gasteiger partial charge in [-0.05, 0) is 18.5 Å². The van der Waals surface area contributed by atoms with Crippen molar-refractivity contribution in [1.29, 1.82) is 0 Å². The fourth-order valence-electron chi connectivity index (χ4n) is 0.760. The molecule has 62 valence electrons. The molecule has 1 heteroatoms. The molecule has 0 spiro atoms. The van der Waals surface area contributed by atoms with Gasteiger partial charge in [-0.3, -0.25) is 0 Å². The molecule has 0 aliphatic rings. The van der Waals surface area contributed by atoms with E-state index in [-0.39, 0.29) is 0 Å². The summed E-state index contributed by atoms with van der Waals surface area (Å²) < 4.78 is 0. The molecule has 0 unspecified atom stereocenters. The first-order valence-electron chi connectivity index (χ1n) is 3.99. The fourth-order valence-corrected chi connectivity index (χ4v) is 0.760. The first-order chi connectivity index (χ1) is 5.35. The van der Waals surface area contributed by atoms with Crippen molar-refractivity contribution in [3.63, 3.8) is 0 Å². The first kappa shape index (κ1) is 10.2. The van der Waals surface area contributed by atoms with Crippen LogP contribution in [0.4, 0.5) is 0 Å². The van der Waals surface area contributed by atoms with Gasteiger partial charge in [0.2, 0.25) is 0 Å². The normalized spacial score (nSPS) is 11.2. The average molecular weight is 151 g/mol. The predicted octanol–water partition coefficient (Wildman–Crippen LogP) is 2.28. The predicted molar refractivity (Wildman–Crippen MR) is 51.6 cm³/mol. The molecule has 0 rings (SSSR count). The highest BCUT2D eigenvalue weighted by molar-refractivity contribution is 5.22. The van der Waals surface area contributed by atoms with E-state index in [1.54, 1.807) is 6.08 Å². The number of rotatable bonds is 6. The molecule has 0 radical (unpaired) electrons. The highest BCUT2D eigenvalue weighted by Crippen LogP contribution is 1.92. The zero-order chi connectivity index (χ0) is 8.53. The van der Waals surface area contributed by atoms with Crippen molar-refractivity contribution in [3.05, 3.63) is 37.0 Å². The van der Waals surface area contributed by atoms with Crippen LogP contribution in [0.5, 0.6) is 0 Å². The average Bonchev–Trinajstić information content (AvgIpc) is 2.03. The lowest BCUT2D eigenvalue weighted by Gasteiger charge is -2.01. The molecule has 1 N–H and O–H groups in total. The maximum atomic E-state index is 3.70. The SMILES string of the molecule is C=C/C=C(\C=C)CNCCC. The summed E-state index contributed by atoms with van der Waals surface area (Å²) in [6.45, 7) is 11.4. The third-order valence-electron chi connectivity index (χ3n) is 1.35. The molecule has 0 aromatic heterocycles. The second-order valence-electron chi connectivity index (χ2n) is 2.36. The van der Waals surface area contributed by atoms with Crippen molar-refractivity contribution in [3.8, 4) is 0 Å². The van der Waals surface area contributed by atoms with Gasteiger partial charge in [-0.15, -0.1) is 0 Å². The van der Waals surface area contributed by atoms with Gasteiger partial charge in [0.25, 0.3) is 0 Å². The monoisotopic (exact) mass is 151 g/mol. The van der Waals surface area contributed by atoms with Crippen molar-refractivity contribution < 1.29 is 0 Å². The summed E-state index contributed by atoms with van der Waals surface area (Å²) in [5.41, 5.74) is 1.19. The Morgan fingerprint density at radius 3 is 2.64 bits per heavy atom. The fraction of sp³-hybridized carbons (Fsp3) is 0.400. The standard InChI is InChI=1S/C10H17N/c1-4-7-10(6-3)9-11-8-5-2/h4,6-7,11H,1,3,5,8-9H2,2H3/b10-7+. The van der Waals surface area contributed by atoms with Crippen molar-refractivity contribution in [1.82, 2.24) is 5.32 Å². The topological polar surface area (TPSA) is 12.0 Å². The summed E-state index contributed by atoms with van der Waals surface area (Å²) in [5, 5.41) is 3.28. The van der Waals surface area contributed by atoms with E-state index in [9.17, 15) is 0 Å². The number of hydrogen-bond acceptors (Lipinski definition) is 1. The smallest absolute Gasteiger partial charge is 0.0205 e. The van der Waals surface area contributed by atoms with Gasteiger partial charge < -0.3 is 5.32 Å². The highest BCUT2D eigenvalue weighted by atomic mass is 14.8. The molecular weight excluding hydrogens is 134 g/mol. The van der Waals surface area contributed by atoms with E-state index in [2.05, 4.69) is 25.4 Å². The summed E-state index contributed by atoms with van der Waals surface area (Å²) in [4.78, 5) is 0. The second-order valence-corrected chi connectivity index (χ2v) is 2.36. The number of nitrogens with one attached hydrogen (secondary N) is 1. The van der Waals surface area contributed by atoms with E-state index in [1.807, 2.05) is 12.2 Å². The maximum Gasteiger partial charge on any atom is 0.0205 e. The van der Waals surface area contributed by atoms with E-state index in [0.717, 1.165) is 13.1 Å². The Morgan fingerprint density at radius 2 is 2.18 bits per heavy atom. The van der Waals surface area contributed by atoms with E-state index in [0.29, 0.717) is 0 Å². The highest BCUT2D eigenvalue weighted by Gasteiger charge is 1.87. The molecule has 0 heterocycles. The quantitative estimate of drug-likeness (QED) is 0.453. The van der Waals surface area contributed by atoms with Crippen molar-refractivity contribution in [2.24, 2.45) is 0 Å². The van der Waals surface area contributed by atoms with Gasteiger partial charge in [-0.1, -0.05) is 38.3 Å². The van der Waals surface area contributed by atoms with E-state index in [4.69, 9.17) is 0 Å². The van der Waals surface area contributed by atoms with E-state index in [1.165, 1.54) is 12.0 Å². The molecule has 1 nitrogen and oxygen atoms in total. The molecule has 11 heavy (non-hydrogen) atoms. The summed E-state index contributed by atoms with van der Waals surface area (Å²) in [6, 6.07) is 0. The summed E-state index contributed by atoms with van der Waals surface area (Å²) in [6.07, 6.45) is 6.77. The summed E-state index contributed by atoms with van der Waals surface area (Å²) in [5.74, 6) is 0. The lowest BCUT2D eigenvalue weighted by molar-refractivity contribution is 0.720. The Bertz CT molecular complexity index is 145. The van der Waals surface area contributed by atoms with E-state index >= 15 is 0 Å². The van der Waals surface area contributed by atoms with Crippen LogP contribution in [-0.4, -0.2) is 13.1 Å². The molecule has 0 aliphatic heterocycles. The van der Waals surface area contributed by atoms with Crippen molar-refractivity contribution in [2.45, 2.75) is 13.3 Å². The minimum Gasteiger partial charge on any atom is -0.313 e. The van der Waals surface area contributed by atoms with Gasteiger partial charge >= 0.3 is 0 Å². The molecule has 0 fully saturated rings. The van der Waals surface area contributed by atoms with Crippen LogP contribution in [0.25, 0.3) is 0 Å². The van der Waals surface area contributed by atoms with Crippen LogP contribution in [0.3, 0.4) is 0 Å². The Hall–Kier alpha value is -0.820. The van der Waals surface area contributed by atoms with Crippen LogP contribution < -0.4 is 5.32 Å². The van der Waals surface area contributed by atoms with Gasteiger partial charge in [0.15, 0.2) is 0 Å². The van der Waals surface area contributed by atoms with Gasteiger partial charge in [-0.2, -0.15) is 0 Å². The Balaban J connectivity index is 3.60. The Morgan fingerprint density at radius 1 is 1.45 bits per heavy atom. The molecule has 0 saturated heterocycles. The van der Waals surface area contributed by atoms with Crippen molar-refractivity contribution in [2.75, 3.05) is 13.1 Å². The Labute approximate surface area is 69.5 Å². The molecule has 0 aromatic carbocycles. The van der Waals surface area contributed by atoms with Gasteiger partial charge in [0.05, 0.1) is 0 Å². The van der Waals surface area contributed by atoms with Gasteiger partial charge in [0, 0.05) is 6.54 Å². The largest absolute Gasteiger partial charge is 0.313 e. The molecule has 0 bridgehead atoms. The third kappa shape index (κ3) is 5.62. The zero-order valence-electron chi connectivity index (χ0n) is 7.27. The lowest BCUT2D eigenvalue weighted by Crippen LogP contribution is -2.16. The zero-order valence-corrected chi connectivity index (χ0v) is 7.27.